The largest absolute Gasteiger partial charge is 0.460 e. The highest BCUT2D eigenvalue weighted by molar-refractivity contribution is 5.60. The molecular weight excluding hydrogens is 468 g/mol. The van der Waals surface area contributed by atoms with Gasteiger partial charge in [0.15, 0.2) is 5.82 Å². The molecule has 1 aromatic heterocycles. The van der Waals surface area contributed by atoms with Gasteiger partial charge in [-0.25, -0.2) is 4.68 Å². The molecule has 0 bridgehead atoms. The minimum atomic E-state index is -0.622. The Bertz CT molecular complexity index is 1210. The third kappa shape index (κ3) is 7.88. The highest BCUT2D eigenvalue weighted by Gasteiger charge is 2.15. The Kier molecular flexibility index (Phi) is 9.65. The highest BCUT2D eigenvalue weighted by Crippen LogP contribution is 2.25. The zero-order chi connectivity index (χ0) is 25.9. The summed E-state index contributed by atoms with van der Waals surface area (Å²) < 4.78 is 18.5. The lowest BCUT2D eigenvalue weighted by Gasteiger charge is -2.14. The van der Waals surface area contributed by atoms with E-state index in [-0.39, 0.29) is 6.61 Å². The standard InChI is InChI=1S/C29H34N4O4/c1-3-35-17-18-37-29-31-28(24-11-9-22(2)10-12-24)33(32-29)26-15-13-25(14-16-26)30-19-27(34)21-36-20-23-7-5-4-6-8-23/h4-16,27,30,34H,3,17-21H2,1-2H3/t27-/m0/s1. The first-order chi connectivity index (χ1) is 18.1. The molecule has 0 aliphatic rings. The summed E-state index contributed by atoms with van der Waals surface area (Å²) in [6, 6.07) is 26.2. The SMILES string of the molecule is CCOCCOc1nc(-c2ccc(C)cc2)n(-c2ccc(NC[C@H](O)COCc3ccccc3)cc2)n1. The average molecular weight is 503 g/mol. The maximum Gasteiger partial charge on any atom is 0.336 e. The summed E-state index contributed by atoms with van der Waals surface area (Å²) in [6.45, 7) is 6.61. The lowest BCUT2D eigenvalue weighted by Crippen LogP contribution is -2.24. The summed E-state index contributed by atoms with van der Waals surface area (Å²) in [7, 11) is 0. The van der Waals surface area contributed by atoms with E-state index in [1.54, 1.807) is 4.68 Å². The number of anilines is 1. The Morgan fingerprint density at radius 2 is 1.68 bits per heavy atom. The van der Waals surface area contributed by atoms with Crippen molar-refractivity contribution in [3.05, 3.63) is 90.0 Å². The molecule has 0 radical (unpaired) electrons. The van der Waals surface area contributed by atoms with Crippen molar-refractivity contribution in [3.63, 3.8) is 0 Å². The summed E-state index contributed by atoms with van der Waals surface area (Å²) in [5.74, 6) is 0.693. The van der Waals surface area contributed by atoms with Crippen LogP contribution in [0.15, 0.2) is 78.9 Å². The predicted molar refractivity (Wildman–Crippen MR) is 144 cm³/mol. The number of nitrogens with one attached hydrogen (secondary N) is 1. The highest BCUT2D eigenvalue weighted by atomic mass is 16.5. The van der Waals surface area contributed by atoms with Crippen molar-refractivity contribution in [1.29, 1.82) is 0 Å². The van der Waals surface area contributed by atoms with Crippen molar-refractivity contribution >= 4 is 5.69 Å². The number of nitrogens with zero attached hydrogens (tertiary/aromatic N) is 3. The second-order valence-electron chi connectivity index (χ2n) is 8.62. The molecule has 8 nitrogen and oxygen atoms in total. The molecular formula is C29H34N4O4. The summed E-state index contributed by atoms with van der Waals surface area (Å²) in [4.78, 5) is 4.63. The molecule has 0 saturated carbocycles. The molecule has 2 N–H and O–H groups in total. The van der Waals surface area contributed by atoms with Gasteiger partial charge >= 0.3 is 6.01 Å². The fourth-order valence-corrected chi connectivity index (χ4v) is 3.66. The average Bonchev–Trinajstić information content (AvgIpc) is 3.35. The van der Waals surface area contributed by atoms with Crippen LogP contribution in [0.25, 0.3) is 17.1 Å². The van der Waals surface area contributed by atoms with Crippen LogP contribution >= 0.6 is 0 Å². The van der Waals surface area contributed by atoms with Crippen molar-refractivity contribution in [1.82, 2.24) is 14.8 Å². The zero-order valence-corrected chi connectivity index (χ0v) is 21.3. The molecule has 1 heterocycles. The lowest BCUT2D eigenvalue weighted by atomic mass is 10.1. The first-order valence-corrected chi connectivity index (χ1v) is 12.5. The van der Waals surface area contributed by atoms with Crippen molar-refractivity contribution in [2.75, 3.05) is 38.3 Å². The normalized spacial score (nSPS) is 11.9. The van der Waals surface area contributed by atoms with Gasteiger partial charge in [-0.15, -0.1) is 5.10 Å². The zero-order valence-electron chi connectivity index (χ0n) is 21.3. The van der Waals surface area contributed by atoms with Gasteiger partial charge in [-0.05, 0) is 43.7 Å². The molecule has 4 rings (SSSR count). The molecule has 0 aliphatic heterocycles. The quantitative estimate of drug-likeness (QED) is 0.243. The fourth-order valence-electron chi connectivity index (χ4n) is 3.66. The van der Waals surface area contributed by atoms with Gasteiger partial charge < -0.3 is 24.6 Å². The smallest absolute Gasteiger partial charge is 0.336 e. The van der Waals surface area contributed by atoms with Gasteiger partial charge in [0.1, 0.15) is 6.61 Å². The van der Waals surface area contributed by atoms with E-state index in [4.69, 9.17) is 14.2 Å². The number of aromatic nitrogens is 3. The lowest BCUT2D eigenvalue weighted by molar-refractivity contribution is 0.0348. The van der Waals surface area contributed by atoms with Crippen LogP contribution in [0.2, 0.25) is 0 Å². The van der Waals surface area contributed by atoms with Crippen LogP contribution in [-0.4, -0.2) is 58.9 Å². The monoisotopic (exact) mass is 502 g/mol. The fraction of sp³-hybridized carbons (Fsp3) is 0.310. The minimum absolute atomic E-state index is 0.255. The van der Waals surface area contributed by atoms with Crippen LogP contribution in [0.1, 0.15) is 18.1 Å². The Morgan fingerprint density at radius 3 is 2.41 bits per heavy atom. The molecule has 194 valence electrons. The second-order valence-corrected chi connectivity index (χ2v) is 8.62. The third-order valence-electron chi connectivity index (χ3n) is 5.64. The first kappa shape index (κ1) is 26.3. The molecule has 0 amide bonds. The van der Waals surface area contributed by atoms with E-state index in [2.05, 4.69) is 22.3 Å². The van der Waals surface area contributed by atoms with Crippen LogP contribution < -0.4 is 10.1 Å². The molecule has 8 heteroatoms. The van der Waals surface area contributed by atoms with Crippen LogP contribution in [0.4, 0.5) is 5.69 Å². The topological polar surface area (TPSA) is 90.7 Å². The van der Waals surface area contributed by atoms with Crippen molar-refractivity contribution in [2.24, 2.45) is 0 Å². The van der Waals surface area contributed by atoms with Crippen LogP contribution in [-0.2, 0) is 16.1 Å². The number of hydrogen-bond donors (Lipinski definition) is 2. The number of ether oxygens (including phenoxy) is 3. The number of benzene rings is 3. The maximum absolute atomic E-state index is 10.3. The second kappa shape index (κ2) is 13.5. The van der Waals surface area contributed by atoms with E-state index in [1.807, 2.05) is 85.8 Å². The third-order valence-corrected chi connectivity index (χ3v) is 5.64. The van der Waals surface area contributed by atoms with Gasteiger partial charge in [0.2, 0.25) is 0 Å². The van der Waals surface area contributed by atoms with Gasteiger partial charge in [0, 0.05) is 24.4 Å². The predicted octanol–water partition coefficient (Wildman–Crippen LogP) is 4.65. The Balaban J connectivity index is 1.38. The number of hydrogen-bond acceptors (Lipinski definition) is 7. The minimum Gasteiger partial charge on any atom is -0.460 e. The summed E-state index contributed by atoms with van der Waals surface area (Å²) in [5, 5.41) is 18.1. The maximum atomic E-state index is 10.3. The van der Waals surface area contributed by atoms with E-state index in [0.717, 1.165) is 22.5 Å². The number of aliphatic hydroxyl groups excluding tert-OH is 1. The van der Waals surface area contributed by atoms with E-state index in [0.29, 0.717) is 44.8 Å². The van der Waals surface area contributed by atoms with E-state index >= 15 is 0 Å². The Hall–Kier alpha value is -3.72. The molecule has 0 unspecified atom stereocenters. The molecule has 3 aromatic carbocycles. The van der Waals surface area contributed by atoms with Crippen molar-refractivity contribution < 1.29 is 19.3 Å². The number of rotatable bonds is 14. The molecule has 0 fully saturated rings. The van der Waals surface area contributed by atoms with Crippen LogP contribution in [0.5, 0.6) is 6.01 Å². The van der Waals surface area contributed by atoms with E-state index in [9.17, 15) is 5.11 Å². The number of aliphatic hydroxyl groups is 1. The Labute approximate surface area is 217 Å². The molecule has 1 atom stereocenters. The summed E-state index contributed by atoms with van der Waals surface area (Å²) in [6.07, 6.45) is -0.622. The molecule has 37 heavy (non-hydrogen) atoms. The van der Waals surface area contributed by atoms with Crippen molar-refractivity contribution in [2.45, 2.75) is 26.6 Å². The van der Waals surface area contributed by atoms with Gasteiger partial charge in [-0.1, -0.05) is 60.2 Å². The molecule has 4 aromatic rings. The van der Waals surface area contributed by atoms with Gasteiger partial charge in [-0.2, -0.15) is 4.98 Å². The molecule has 0 aliphatic carbocycles. The number of aryl methyl sites for hydroxylation is 1. The van der Waals surface area contributed by atoms with Gasteiger partial charge in [0.25, 0.3) is 0 Å². The summed E-state index contributed by atoms with van der Waals surface area (Å²) >= 11 is 0. The van der Waals surface area contributed by atoms with Gasteiger partial charge in [0.05, 0.1) is 31.6 Å². The molecule has 0 spiro atoms. The van der Waals surface area contributed by atoms with Crippen molar-refractivity contribution in [3.8, 4) is 23.1 Å². The van der Waals surface area contributed by atoms with Crippen LogP contribution in [0.3, 0.4) is 0 Å². The van der Waals surface area contributed by atoms with Crippen LogP contribution in [0, 0.1) is 6.92 Å². The summed E-state index contributed by atoms with van der Waals surface area (Å²) in [5.41, 5.74) is 4.93. The Morgan fingerprint density at radius 1 is 0.919 bits per heavy atom. The van der Waals surface area contributed by atoms with E-state index < -0.39 is 6.10 Å². The van der Waals surface area contributed by atoms with E-state index in [1.165, 1.54) is 5.56 Å². The van der Waals surface area contributed by atoms with Gasteiger partial charge in [-0.3, -0.25) is 0 Å². The molecule has 0 saturated heterocycles. The first-order valence-electron chi connectivity index (χ1n) is 12.5.